The van der Waals surface area contributed by atoms with Gasteiger partial charge < -0.3 is 14.4 Å². The number of rotatable bonds is 4. The highest BCUT2D eigenvalue weighted by Crippen LogP contribution is 2.39. The molecule has 4 aromatic rings. The lowest BCUT2D eigenvalue weighted by atomic mass is 9.98. The van der Waals surface area contributed by atoms with E-state index in [1.165, 1.54) is 17.0 Å². The molecule has 0 spiro atoms. The number of hydrogen-bond donors (Lipinski definition) is 1. The van der Waals surface area contributed by atoms with E-state index in [0.29, 0.717) is 22.1 Å². The molecule has 154 valence electrons. The van der Waals surface area contributed by atoms with Crippen molar-refractivity contribution in [1.29, 1.82) is 0 Å². The Morgan fingerprint density at radius 1 is 0.935 bits per heavy atom. The van der Waals surface area contributed by atoms with Gasteiger partial charge in [0, 0.05) is 0 Å². The molecule has 0 radical (unpaired) electrons. The van der Waals surface area contributed by atoms with Crippen LogP contribution in [0.2, 0.25) is 0 Å². The van der Waals surface area contributed by atoms with Gasteiger partial charge in [0.05, 0.1) is 29.6 Å². The minimum absolute atomic E-state index is 0.0433. The monoisotopic (exact) mass is 415 g/mol. The first-order valence-electron chi connectivity index (χ1n) is 9.90. The van der Waals surface area contributed by atoms with Crippen LogP contribution in [-0.2, 0) is 0 Å². The summed E-state index contributed by atoms with van der Waals surface area (Å²) in [6, 6.07) is 20.6. The molecule has 1 aromatic heterocycles. The zero-order valence-electron chi connectivity index (χ0n) is 16.4. The molecule has 0 aliphatic carbocycles. The van der Waals surface area contributed by atoms with Crippen LogP contribution in [0.15, 0.2) is 88.1 Å². The summed E-state index contributed by atoms with van der Waals surface area (Å²) < 4.78 is 19.4. The number of fused-ring (bicyclic) bond motifs is 2. The first-order valence-corrected chi connectivity index (χ1v) is 9.90. The van der Waals surface area contributed by atoms with Gasteiger partial charge in [-0.1, -0.05) is 54.6 Å². The molecule has 0 unspecified atom stereocenters. The second-order valence-corrected chi connectivity index (χ2v) is 7.51. The Hall–Kier alpha value is -3.77. The van der Waals surface area contributed by atoms with Crippen LogP contribution in [-0.4, -0.2) is 22.5 Å². The molecule has 0 fully saturated rings. The van der Waals surface area contributed by atoms with Crippen molar-refractivity contribution in [2.75, 3.05) is 6.54 Å². The van der Waals surface area contributed by atoms with E-state index in [2.05, 4.69) is 0 Å². The fourth-order valence-electron chi connectivity index (χ4n) is 4.11. The number of β-amino-alcohol motifs (C(OH)–C–C–N with tert-alkyl or cyclic N) is 1. The Kier molecular flexibility index (Phi) is 4.64. The van der Waals surface area contributed by atoms with Gasteiger partial charge in [-0.15, -0.1) is 0 Å². The Morgan fingerprint density at radius 2 is 1.61 bits per heavy atom. The van der Waals surface area contributed by atoms with E-state index in [-0.39, 0.29) is 23.3 Å². The van der Waals surface area contributed by atoms with E-state index >= 15 is 0 Å². The van der Waals surface area contributed by atoms with Gasteiger partial charge in [-0.05, 0) is 35.4 Å². The van der Waals surface area contributed by atoms with Crippen molar-refractivity contribution in [1.82, 2.24) is 4.90 Å². The predicted molar refractivity (Wildman–Crippen MR) is 113 cm³/mol. The Bertz CT molecular complexity index is 1330. The predicted octanol–water partition coefficient (Wildman–Crippen LogP) is 4.21. The zero-order valence-corrected chi connectivity index (χ0v) is 16.4. The van der Waals surface area contributed by atoms with E-state index in [0.717, 1.165) is 0 Å². The average Bonchev–Trinajstić information content (AvgIpc) is 3.07. The molecule has 31 heavy (non-hydrogen) atoms. The number of carbonyl (C=O) groups is 1. The van der Waals surface area contributed by atoms with E-state index in [1.807, 2.05) is 6.07 Å². The van der Waals surface area contributed by atoms with Gasteiger partial charge in [0.25, 0.3) is 5.91 Å². The van der Waals surface area contributed by atoms with E-state index in [4.69, 9.17) is 4.42 Å². The third-order valence-electron chi connectivity index (χ3n) is 5.61. The highest BCUT2D eigenvalue weighted by atomic mass is 19.1. The second-order valence-electron chi connectivity index (χ2n) is 7.51. The molecule has 1 N–H and O–H groups in total. The van der Waals surface area contributed by atoms with Crippen molar-refractivity contribution in [2.24, 2.45) is 0 Å². The lowest BCUT2D eigenvalue weighted by Crippen LogP contribution is -2.33. The molecule has 1 aliphatic heterocycles. The van der Waals surface area contributed by atoms with Crippen molar-refractivity contribution in [3.63, 3.8) is 0 Å². The van der Waals surface area contributed by atoms with Crippen LogP contribution in [0.1, 0.15) is 39.4 Å². The lowest BCUT2D eigenvalue weighted by molar-refractivity contribution is 0.0583. The molecule has 0 saturated heterocycles. The fourth-order valence-corrected chi connectivity index (χ4v) is 4.11. The number of aliphatic hydroxyl groups excluding tert-OH is 1. The quantitative estimate of drug-likeness (QED) is 0.542. The number of halogens is 1. The Labute approximate surface area is 177 Å². The van der Waals surface area contributed by atoms with E-state index in [1.54, 1.807) is 60.7 Å². The van der Waals surface area contributed by atoms with E-state index < -0.39 is 23.9 Å². The van der Waals surface area contributed by atoms with Crippen LogP contribution in [0, 0.1) is 5.82 Å². The number of carbonyl (C=O) groups excluding carboxylic acids is 1. The normalized spacial score (nSPS) is 16.5. The standard InChI is InChI=1S/C25H18FNO4/c26-17-12-10-16(11-13-17)22-21-23(29)18-8-4-5-9-20(18)31-24(21)25(30)27(22)14-19(28)15-6-2-1-3-7-15/h1-13,19,22,28H,14H2/t19-,22+/m1/s1. The van der Waals surface area contributed by atoms with Crippen molar-refractivity contribution in [3.05, 3.63) is 117 Å². The van der Waals surface area contributed by atoms with Gasteiger partial charge in [0.2, 0.25) is 5.76 Å². The summed E-state index contributed by atoms with van der Waals surface area (Å²) >= 11 is 0. The molecule has 0 bridgehead atoms. The Balaban J connectivity index is 1.67. The first kappa shape index (κ1) is 19.2. The summed E-state index contributed by atoms with van der Waals surface area (Å²) in [6.45, 7) is -0.0507. The molecular formula is C25H18FNO4. The third-order valence-corrected chi connectivity index (χ3v) is 5.61. The molecule has 5 nitrogen and oxygen atoms in total. The summed E-state index contributed by atoms with van der Waals surface area (Å²) in [4.78, 5) is 28.1. The maximum absolute atomic E-state index is 13.6. The highest BCUT2D eigenvalue weighted by Gasteiger charge is 2.43. The molecule has 2 atom stereocenters. The van der Waals surface area contributed by atoms with Gasteiger partial charge in [-0.2, -0.15) is 0 Å². The minimum Gasteiger partial charge on any atom is -0.450 e. The number of amides is 1. The first-order chi connectivity index (χ1) is 15.0. The third kappa shape index (κ3) is 3.21. The molecule has 1 amide bonds. The van der Waals surface area contributed by atoms with Gasteiger partial charge in [0.15, 0.2) is 5.43 Å². The largest absolute Gasteiger partial charge is 0.450 e. The van der Waals surface area contributed by atoms with Crippen LogP contribution in [0.25, 0.3) is 11.0 Å². The zero-order chi connectivity index (χ0) is 21.5. The van der Waals surface area contributed by atoms with Gasteiger partial charge in [0.1, 0.15) is 11.4 Å². The highest BCUT2D eigenvalue weighted by molar-refractivity contribution is 5.99. The van der Waals surface area contributed by atoms with Crippen molar-refractivity contribution >= 4 is 16.9 Å². The summed E-state index contributed by atoms with van der Waals surface area (Å²) in [5.41, 5.74) is 1.43. The smallest absolute Gasteiger partial charge is 0.291 e. The summed E-state index contributed by atoms with van der Waals surface area (Å²) in [5, 5.41) is 11.1. The summed E-state index contributed by atoms with van der Waals surface area (Å²) in [6.07, 6.45) is -0.966. The molecule has 6 heteroatoms. The minimum atomic E-state index is -0.966. The maximum Gasteiger partial charge on any atom is 0.291 e. The fraction of sp³-hybridized carbons (Fsp3) is 0.120. The SMILES string of the molecule is O=C1c2oc3ccccc3c(=O)c2[C@H](c2ccc(F)cc2)N1C[C@@H](O)c1ccccc1. The van der Waals surface area contributed by atoms with Crippen LogP contribution in [0.4, 0.5) is 4.39 Å². The number of benzene rings is 3. The van der Waals surface area contributed by atoms with Gasteiger partial charge in [-0.25, -0.2) is 4.39 Å². The van der Waals surface area contributed by atoms with Crippen LogP contribution >= 0.6 is 0 Å². The number of para-hydroxylation sites is 1. The van der Waals surface area contributed by atoms with Crippen LogP contribution in [0.5, 0.6) is 0 Å². The molecule has 3 aromatic carbocycles. The summed E-state index contributed by atoms with van der Waals surface area (Å²) in [7, 11) is 0. The van der Waals surface area contributed by atoms with Crippen molar-refractivity contribution in [2.45, 2.75) is 12.1 Å². The average molecular weight is 415 g/mol. The topological polar surface area (TPSA) is 70.8 Å². The molecule has 0 saturated carbocycles. The summed E-state index contributed by atoms with van der Waals surface area (Å²) in [5.74, 6) is -0.949. The van der Waals surface area contributed by atoms with Crippen LogP contribution in [0.3, 0.4) is 0 Å². The molecule has 1 aliphatic rings. The second kappa shape index (κ2) is 7.49. The maximum atomic E-state index is 13.6. The lowest BCUT2D eigenvalue weighted by Gasteiger charge is -2.27. The Morgan fingerprint density at radius 3 is 2.35 bits per heavy atom. The molecule has 5 rings (SSSR count). The van der Waals surface area contributed by atoms with Crippen molar-refractivity contribution < 1.29 is 18.7 Å². The number of hydrogen-bond acceptors (Lipinski definition) is 4. The van der Waals surface area contributed by atoms with E-state index in [9.17, 15) is 19.1 Å². The molecule has 2 heterocycles. The van der Waals surface area contributed by atoms with Gasteiger partial charge in [-0.3, -0.25) is 9.59 Å². The van der Waals surface area contributed by atoms with Crippen LogP contribution < -0.4 is 5.43 Å². The number of nitrogens with zero attached hydrogens (tertiary/aromatic N) is 1. The molecular weight excluding hydrogens is 397 g/mol. The number of aliphatic hydroxyl groups is 1. The van der Waals surface area contributed by atoms with Gasteiger partial charge >= 0.3 is 0 Å². The van der Waals surface area contributed by atoms with Crippen molar-refractivity contribution in [3.8, 4) is 0 Å².